The van der Waals surface area contributed by atoms with Gasteiger partial charge in [0, 0.05) is 6.42 Å². The van der Waals surface area contributed by atoms with E-state index in [1.807, 2.05) is 6.58 Å². The molecule has 0 bridgehead atoms. The number of carbonyl (C=O) groups excluding carboxylic acids is 2. The predicted octanol–water partition coefficient (Wildman–Crippen LogP) is 1.91. The molecule has 19 heteroatoms. The summed E-state index contributed by atoms with van der Waals surface area (Å²) in [6, 6.07) is 0. The van der Waals surface area contributed by atoms with Crippen LogP contribution in [-0.2, 0) is 29.2 Å². The molecule has 30 heavy (non-hydrogen) atoms. The number of primary amides is 1. The molecule has 0 saturated carbocycles. The first-order valence-corrected chi connectivity index (χ1v) is 8.10. The summed E-state index contributed by atoms with van der Waals surface area (Å²) in [4.78, 5) is 22.3. The highest BCUT2D eigenvalue weighted by molar-refractivity contribution is 7.87. The summed E-state index contributed by atoms with van der Waals surface area (Å²) in [5, 5.41) is -6.25. The van der Waals surface area contributed by atoms with Crippen LogP contribution in [0, 0.1) is 0 Å². The fourth-order valence-electron chi connectivity index (χ4n) is 1.40. The third-order valence-electron chi connectivity index (χ3n) is 2.99. The van der Waals surface area contributed by atoms with Gasteiger partial charge in [0.05, 0.1) is 6.61 Å². The van der Waals surface area contributed by atoms with E-state index in [9.17, 15) is 61.9 Å². The second-order valence-corrected chi connectivity index (χ2v) is 6.60. The Morgan fingerprint density at radius 2 is 1.40 bits per heavy atom. The Morgan fingerprint density at radius 3 is 1.70 bits per heavy atom. The number of alkyl halides is 10. The van der Waals surface area contributed by atoms with E-state index in [2.05, 4.69) is 15.2 Å². The van der Waals surface area contributed by atoms with E-state index in [4.69, 9.17) is 4.55 Å². The molecular formula is C11H9F10NO7S. The molecule has 3 N–H and O–H groups in total. The van der Waals surface area contributed by atoms with Gasteiger partial charge in [0.15, 0.2) is 0 Å². The lowest BCUT2D eigenvalue weighted by molar-refractivity contribution is -0.349. The highest BCUT2D eigenvalue weighted by Gasteiger charge is 2.68. The van der Waals surface area contributed by atoms with E-state index in [-0.39, 0.29) is 0 Å². The smallest absolute Gasteiger partial charge is 0.412 e. The van der Waals surface area contributed by atoms with Crippen LogP contribution in [0.3, 0.4) is 0 Å². The van der Waals surface area contributed by atoms with Gasteiger partial charge in [-0.2, -0.15) is 52.3 Å². The molecule has 0 fully saturated rings. The SMILES string of the molecule is C=C(C(=O)OC(OCCC(F)(F)C(F)(F)S(=O)(=O)O)(C(N)=O)C(F)(F)F)C(F)(F)F. The minimum atomic E-state index is -6.79. The molecule has 0 saturated heterocycles. The fourth-order valence-corrected chi connectivity index (χ4v) is 1.87. The molecule has 176 valence electrons. The Labute approximate surface area is 159 Å². The van der Waals surface area contributed by atoms with E-state index in [0.717, 1.165) is 0 Å². The van der Waals surface area contributed by atoms with Crippen LogP contribution in [0.5, 0.6) is 0 Å². The molecule has 0 aliphatic rings. The Morgan fingerprint density at radius 1 is 0.967 bits per heavy atom. The molecule has 0 spiro atoms. The van der Waals surface area contributed by atoms with Crippen LogP contribution in [0.1, 0.15) is 6.42 Å². The maximum absolute atomic E-state index is 13.3. The van der Waals surface area contributed by atoms with E-state index in [1.165, 1.54) is 0 Å². The van der Waals surface area contributed by atoms with Crippen molar-refractivity contribution in [2.24, 2.45) is 5.73 Å². The number of nitrogens with two attached hydrogens (primary N) is 1. The van der Waals surface area contributed by atoms with Crippen LogP contribution in [0.15, 0.2) is 12.2 Å². The van der Waals surface area contributed by atoms with Crippen molar-refractivity contribution in [2.45, 2.75) is 35.7 Å². The minimum Gasteiger partial charge on any atom is -0.412 e. The molecule has 0 aliphatic heterocycles. The van der Waals surface area contributed by atoms with Gasteiger partial charge in [-0.05, 0) is 0 Å². The van der Waals surface area contributed by atoms with E-state index >= 15 is 0 Å². The average molecular weight is 489 g/mol. The van der Waals surface area contributed by atoms with Crippen LogP contribution in [0.2, 0.25) is 0 Å². The van der Waals surface area contributed by atoms with Crippen molar-refractivity contribution in [2.75, 3.05) is 6.61 Å². The Hall–Kier alpha value is -2.15. The molecule has 0 aromatic carbocycles. The number of esters is 1. The van der Waals surface area contributed by atoms with Crippen LogP contribution < -0.4 is 5.73 Å². The molecule has 0 heterocycles. The average Bonchev–Trinajstić information content (AvgIpc) is 2.49. The van der Waals surface area contributed by atoms with Crippen molar-refractivity contribution in [3.05, 3.63) is 12.2 Å². The monoisotopic (exact) mass is 489 g/mol. The molecule has 0 aromatic heterocycles. The van der Waals surface area contributed by atoms with Gasteiger partial charge in [-0.15, -0.1) is 0 Å². The summed E-state index contributed by atoms with van der Waals surface area (Å²) >= 11 is 0. The van der Waals surface area contributed by atoms with Crippen LogP contribution in [0.4, 0.5) is 43.9 Å². The molecule has 0 aliphatic carbocycles. The lowest BCUT2D eigenvalue weighted by atomic mass is 10.2. The van der Waals surface area contributed by atoms with Gasteiger partial charge in [0.2, 0.25) is 0 Å². The largest absolute Gasteiger partial charge is 0.466 e. The minimum absolute atomic E-state index is 2.04. The van der Waals surface area contributed by atoms with Gasteiger partial charge >= 0.3 is 51.3 Å². The fraction of sp³-hybridized carbons (Fsp3) is 0.636. The number of amides is 1. The molecule has 1 atom stereocenters. The highest BCUT2D eigenvalue weighted by Crippen LogP contribution is 2.42. The van der Waals surface area contributed by atoms with Crippen LogP contribution in [0.25, 0.3) is 0 Å². The Bertz CT molecular complexity index is 804. The standard InChI is InChI=1S/C11H9F10NO7S/c1-4(9(14,15)16)5(23)29-8(6(22)24,10(17,18)19)28-3-2-7(12,13)11(20,21)30(25,26)27/h1-3H2,(H2,22,24)(H,25,26,27). The molecule has 0 aromatic rings. The van der Waals surface area contributed by atoms with Crippen molar-refractivity contribution in [1.29, 1.82) is 0 Å². The number of hydrogen-bond acceptors (Lipinski definition) is 6. The molecule has 1 unspecified atom stereocenters. The Kier molecular flexibility index (Phi) is 7.59. The number of halogens is 10. The number of carbonyl (C=O) groups is 2. The first kappa shape index (κ1) is 27.8. The number of ether oxygens (including phenoxy) is 2. The second-order valence-electron chi connectivity index (χ2n) is 5.14. The zero-order valence-electron chi connectivity index (χ0n) is 13.8. The normalized spacial score (nSPS) is 16.0. The third kappa shape index (κ3) is 5.50. The summed E-state index contributed by atoms with van der Waals surface area (Å²) in [7, 11) is -6.79. The zero-order valence-corrected chi connectivity index (χ0v) is 14.6. The first-order chi connectivity index (χ1) is 12.9. The lowest BCUT2D eigenvalue weighted by Crippen LogP contribution is -2.61. The van der Waals surface area contributed by atoms with Crippen molar-refractivity contribution in [1.82, 2.24) is 0 Å². The molecule has 8 nitrogen and oxygen atoms in total. The van der Waals surface area contributed by atoms with E-state index in [1.54, 1.807) is 0 Å². The summed E-state index contributed by atoms with van der Waals surface area (Å²) in [6.07, 6.45) is -14.7. The number of hydrogen-bond donors (Lipinski definition) is 2. The van der Waals surface area contributed by atoms with Gasteiger partial charge in [-0.3, -0.25) is 9.35 Å². The maximum atomic E-state index is 13.3. The maximum Gasteiger partial charge on any atom is 0.466 e. The summed E-state index contributed by atoms with van der Waals surface area (Å²) < 4.78 is 164. The first-order valence-electron chi connectivity index (χ1n) is 6.66. The van der Waals surface area contributed by atoms with Gasteiger partial charge in [-0.25, -0.2) is 4.79 Å². The van der Waals surface area contributed by atoms with Crippen molar-refractivity contribution >= 4 is 22.0 Å². The molecule has 0 rings (SSSR count). The van der Waals surface area contributed by atoms with Crippen molar-refractivity contribution in [3.8, 4) is 0 Å². The van der Waals surface area contributed by atoms with E-state index in [0.29, 0.717) is 0 Å². The molecular weight excluding hydrogens is 480 g/mol. The van der Waals surface area contributed by atoms with Crippen LogP contribution in [-0.4, -0.2) is 60.8 Å². The van der Waals surface area contributed by atoms with Crippen molar-refractivity contribution < 1.29 is 75.9 Å². The quantitative estimate of drug-likeness (QED) is 0.166. The summed E-state index contributed by atoms with van der Waals surface area (Å²) in [5.41, 5.74) is 1.66. The number of rotatable bonds is 9. The highest BCUT2D eigenvalue weighted by atomic mass is 32.2. The molecule has 0 radical (unpaired) electrons. The lowest BCUT2D eigenvalue weighted by Gasteiger charge is -2.32. The second kappa shape index (κ2) is 8.17. The third-order valence-corrected chi connectivity index (χ3v) is 3.94. The van der Waals surface area contributed by atoms with E-state index < -0.39 is 69.9 Å². The van der Waals surface area contributed by atoms with Gasteiger partial charge in [0.1, 0.15) is 5.57 Å². The van der Waals surface area contributed by atoms with Gasteiger partial charge in [-0.1, -0.05) is 6.58 Å². The summed E-state index contributed by atoms with van der Waals surface area (Å²) in [5.74, 6) is -16.9. The molecule has 1 amide bonds. The predicted molar refractivity (Wildman–Crippen MR) is 71.3 cm³/mol. The topological polar surface area (TPSA) is 133 Å². The zero-order chi connectivity index (χ0) is 24.6. The van der Waals surface area contributed by atoms with Crippen LogP contribution >= 0.6 is 0 Å². The Balaban J connectivity index is 5.89. The van der Waals surface area contributed by atoms with Gasteiger partial charge in [0.25, 0.3) is 0 Å². The van der Waals surface area contributed by atoms with Crippen molar-refractivity contribution in [3.63, 3.8) is 0 Å². The van der Waals surface area contributed by atoms with Gasteiger partial charge < -0.3 is 15.2 Å². The summed E-state index contributed by atoms with van der Waals surface area (Å²) in [6.45, 7) is -0.340.